The molecule has 3 aromatic carbocycles. The molecule has 0 aliphatic rings. The van der Waals surface area contributed by atoms with Crippen molar-refractivity contribution in [1.82, 2.24) is 0 Å². The molecule has 0 radical (unpaired) electrons. The lowest BCUT2D eigenvalue weighted by atomic mass is 10.1. The maximum atomic E-state index is 12.6. The summed E-state index contributed by atoms with van der Waals surface area (Å²) in [5.74, 6) is 0. The average molecular weight is 392 g/mol. The summed E-state index contributed by atoms with van der Waals surface area (Å²) in [7, 11) is -3.87. The third-order valence-corrected chi connectivity index (χ3v) is 5.91. The normalized spacial score (nSPS) is 11.9. The standard InChI is InChI=1S/C18H11Cl2NO3S/c19-11-5-8-15(20)18(9-11)25(22,23)21-12-6-7-14-13-3-1-2-4-16(13)24-17(14)10-12/h1-10,21H. The molecule has 0 aliphatic heterocycles. The minimum atomic E-state index is -3.87. The monoisotopic (exact) mass is 391 g/mol. The zero-order chi connectivity index (χ0) is 17.6. The van der Waals surface area contributed by atoms with E-state index in [4.69, 9.17) is 27.6 Å². The van der Waals surface area contributed by atoms with E-state index in [2.05, 4.69) is 4.72 Å². The van der Waals surface area contributed by atoms with Crippen LogP contribution in [0.5, 0.6) is 0 Å². The smallest absolute Gasteiger partial charge is 0.263 e. The van der Waals surface area contributed by atoms with Crippen molar-refractivity contribution >= 4 is 60.9 Å². The van der Waals surface area contributed by atoms with Crippen molar-refractivity contribution in [1.29, 1.82) is 0 Å². The van der Waals surface area contributed by atoms with Gasteiger partial charge in [-0.1, -0.05) is 41.4 Å². The maximum absolute atomic E-state index is 12.6. The van der Waals surface area contributed by atoms with Gasteiger partial charge in [0, 0.05) is 21.9 Å². The number of benzene rings is 3. The largest absolute Gasteiger partial charge is 0.456 e. The van der Waals surface area contributed by atoms with Crippen LogP contribution < -0.4 is 4.72 Å². The van der Waals surface area contributed by atoms with Gasteiger partial charge in [-0.2, -0.15) is 0 Å². The lowest BCUT2D eigenvalue weighted by Gasteiger charge is -2.09. The molecule has 126 valence electrons. The van der Waals surface area contributed by atoms with Gasteiger partial charge >= 0.3 is 0 Å². The molecule has 0 spiro atoms. The molecule has 0 saturated carbocycles. The first-order valence-electron chi connectivity index (χ1n) is 7.33. The predicted octanol–water partition coefficient (Wildman–Crippen LogP) is 5.69. The molecule has 1 heterocycles. The minimum Gasteiger partial charge on any atom is -0.456 e. The van der Waals surface area contributed by atoms with Crippen LogP contribution in [0.1, 0.15) is 0 Å². The molecular weight excluding hydrogens is 381 g/mol. The molecule has 25 heavy (non-hydrogen) atoms. The first-order chi connectivity index (χ1) is 11.9. The Morgan fingerprint density at radius 3 is 2.44 bits per heavy atom. The van der Waals surface area contributed by atoms with Crippen LogP contribution in [-0.2, 0) is 10.0 Å². The van der Waals surface area contributed by atoms with E-state index in [0.29, 0.717) is 11.3 Å². The molecule has 0 amide bonds. The molecule has 7 heteroatoms. The van der Waals surface area contributed by atoms with Crippen molar-refractivity contribution in [2.45, 2.75) is 4.90 Å². The molecule has 0 aliphatic carbocycles. The van der Waals surface area contributed by atoms with E-state index in [0.717, 1.165) is 16.4 Å². The zero-order valence-corrected chi connectivity index (χ0v) is 15.0. The summed E-state index contributed by atoms with van der Waals surface area (Å²) >= 11 is 11.9. The quantitative estimate of drug-likeness (QED) is 0.487. The van der Waals surface area contributed by atoms with Gasteiger partial charge in [0.1, 0.15) is 16.1 Å². The third-order valence-electron chi connectivity index (χ3n) is 3.81. The highest BCUT2D eigenvalue weighted by atomic mass is 35.5. The molecule has 0 bridgehead atoms. The molecule has 0 unspecified atom stereocenters. The SMILES string of the molecule is O=S(=O)(Nc1ccc2c(c1)oc1ccccc12)c1cc(Cl)ccc1Cl. The van der Waals surface area contributed by atoms with Crippen molar-refractivity contribution in [3.05, 3.63) is 70.7 Å². The van der Waals surface area contributed by atoms with Crippen LogP contribution in [0.15, 0.2) is 70.0 Å². The molecular formula is C18H11Cl2NO3S. The molecule has 0 atom stereocenters. The van der Waals surface area contributed by atoms with Gasteiger partial charge in [0.05, 0.1) is 10.7 Å². The molecule has 4 nitrogen and oxygen atoms in total. The second kappa shape index (κ2) is 5.95. The van der Waals surface area contributed by atoms with E-state index in [-0.39, 0.29) is 14.9 Å². The lowest BCUT2D eigenvalue weighted by Crippen LogP contribution is -2.13. The number of anilines is 1. The van der Waals surface area contributed by atoms with Crippen molar-refractivity contribution < 1.29 is 12.8 Å². The van der Waals surface area contributed by atoms with Gasteiger partial charge in [-0.3, -0.25) is 4.72 Å². The predicted molar refractivity (Wildman–Crippen MR) is 101 cm³/mol. The fraction of sp³-hybridized carbons (Fsp3) is 0. The summed E-state index contributed by atoms with van der Waals surface area (Å²) in [6.07, 6.45) is 0. The van der Waals surface area contributed by atoms with E-state index in [1.54, 1.807) is 12.1 Å². The van der Waals surface area contributed by atoms with Crippen LogP contribution in [0, 0.1) is 0 Å². The van der Waals surface area contributed by atoms with E-state index >= 15 is 0 Å². The van der Waals surface area contributed by atoms with Crippen LogP contribution in [-0.4, -0.2) is 8.42 Å². The molecule has 4 rings (SSSR count). The number of sulfonamides is 1. The lowest BCUT2D eigenvalue weighted by molar-refractivity contribution is 0.601. The van der Waals surface area contributed by atoms with Gasteiger partial charge in [0.2, 0.25) is 0 Å². The molecule has 1 N–H and O–H groups in total. The Hall–Kier alpha value is -2.21. The van der Waals surface area contributed by atoms with Crippen molar-refractivity contribution in [2.24, 2.45) is 0 Å². The van der Waals surface area contributed by atoms with Gasteiger partial charge in [-0.05, 0) is 36.4 Å². The Labute approximate surface area is 154 Å². The first kappa shape index (κ1) is 16.3. The summed E-state index contributed by atoms with van der Waals surface area (Å²) in [5.41, 5.74) is 1.72. The topological polar surface area (TPSA) is 59.3 Å². The van der Waals surface area contributed by atoms with Crippen LogP contribution >= 0.6 is 23.2 Å². The Morgan fingerprint density at radius 1 is 0.840 bits per heavy atom. The van der Waals surface area contributed by atoms with E-state index in [9.17, 15) is 8.42 Å². The highest BCUT2D eigenvalue weighted by molar-refractivity contribution is 7.92. The fourth-order valence-corrected chi connectivity index (χ4v) is 4.50. The van der Waals surface area contributed by atoms with Gasteiger partial charge in [-0.25, -0.2) is 8.42 Å². The second-order valence-corrected chi connectivity index (χ2v) is 7.98. The summed E-state index contributed by atoms with van der Waals surface area (Å²) in [6.45, 7) is 0. The number of halogens is 2. The second-order valence-electron chi connectivity index (χ2n) is 5.49. The summed E-state index contributed by atoms with van der Waals surface area (Å²) < 4.78 is 33.5. The Kier molecular flexibility index (Phi) is 3.87. The minimum absolute atomic E-state index is 0.0774. The van der Waals surface area contributed by atoms with Crippen LogP contribution in [0.2, 0.25) is 10.0 Å². The van der Waals surface area contributed by atoms with Crippen LogP contribution in [0.3, 0.4) is 0 Å². The van der Waals surface area contributed by atoms with Crippen LogP contribution in [0.25, 0.3) is 21.9 Å². The van der Waals surface area contributed by atoms with Gasteiger partial charge in [-0.15, -0.1) is 0 Å². The molecule has 1 aromatic heterocycles. The Morgan fingerprint density at radius 2 is 1.60 bits per heavy atom. The number of hydrogen-bond donors (Lipinski definition) is 1. The van der Waals surface area contributed by atoms with E-state index in [1.165, 1.54) is 18.2 Å². The summed E-state index contributed by atoms with van der Waals surface area (Å²) in [5, 5.41) is 2.28. The number of furan rings is 1. The van der Waals surface area contributed by atoms with Gasteiger partial charge in [0.25, 0.3) is 10.0 Å². The van der Waals surface area contributed by atoms with E-state index in [1.807, 2.05) is 30.3 Å². The molecule has 0 fully saturated rings. The zero-order valence-electron chi connectivity index (χ0n) is 12.7. The van der Waals surface area contributed by atoms with Crippen molar-refractivity contribution in [2.75, 3.05) is 4.72 Å². The number of fused-ring (bicyclic) bond motifs is 3. The van der Waals surface area contributed by atoms with E-state index < -0.39 is 10.0 Å². The van der Waals surface area contributed by atoms with Crippen molar-refractivity contribution in [3.63, 3.8) is 0 Å². The summed E-state index contributed by atoms with van der Waals surface area (Å²) in [4.78, 5) is -0.0774. The first-order valence-corrected chi connectivity index (χ1v) is 9.57. The number of para-hydroxylation sites is 1. The number of hydrogen-bond acceptors (Lipinski definition) is 3. The van der Waals surface area contributed by atoms with Crippen molar-refractivity contribution in [3.8, 4) is 0 Å². The number of rotatable bonds is 3. The fourth-order valence-electron chi connectivity index (χ4n) is 2.68. The Bertz CT molecular complexity index is 1220. The molecule has 4 aromatic rings. The number of nitrogens with one attached hydrogen (secondary N) is 1. The third kappa shape index (κ3) is 2.95. The molecule has 0 saturated heterocycles. The average Bonchev–Trinajstić information content (AvgIpc) is 2.94. The summed E-state index contributed by atoms with van der Waals surface area (Å²) in [6, 6.07) is 17.1. The highest BCUT2D eigenvalue weighted by Crippen LogP contribution is 2.32. The maximum Gasteiger partial charge on any atom is 0.263 e. The van der Waals surface area contributed by atoms with Gasteiger partial charge in [0.15, 0.2) is 0 Å². The van der Waals surface area contributed by atoms with Crippen LogP contribution in [0.4, 0.5) is 5.69 Å². The Balaban J connectivity index is 1.77. The van der Waals surface area contributed by atoms with Gasteiger partial charge < -0.3 is 4.42 Å². The highest BCUT2D eigenvalue weighted by Gasteiger charge is 2.19.